The summed E-state index contributed by atoms with van der Waals surface area (Å²) in [5.41, 5.74) is 0.0433. The second kappa shape index (κ2) is 13.8. The minimum atomic E-state index is -0.728. The minimum Gasteiger partial charge on any atom is -0.481 e. The van der Waals surface area contributed by atoms with Gasteiger partial charge >= 0.3 is 6.09 Å². The Bertz CT molecular complexity index is 1770. The van der Waals surface area contributed by atoms with Crippen LogP contribution in [0.4, 0.5) is 10.5 Å². The summed E-state index contributed by atoms with van der Waals surface area (Å²) in [4.78, 5) is 58.0. The average molecular weight is 641 g/mol. The summed E-state index contributed by atoms with van der Waals surface area (Å²) < 4.78 is 10.4. The Labute approximate surface area is 263 Å². The first-order chi connectivity index (χ1) is 20.8. The largest absolute Gasteiger partial charge is 0.481 e. The molecule has 13 heteroatoms. The van der Waals surface area contributed by atoms with Crippen molar-refractivity contribution in [1.29, 1.82) is 0 Å². The van der Waals surface area contributed by atoms with E-state index in [0.717, 1.165) is 5.56 Å². The van der Waals surface area contributed by atoms with Crippen molar-refractivity contribution in [2.24, 2.45) is 0 Å². The van der Waals surface area contributed by atoms with Crippen LogP contribution < -0.4 is 26.2 Å². The molecule has 0 spiro atoms. The van der Waals surface area contributed by atoms with Gasteiger partial charge in [-0.25, -0.2) is 9.78 Å². The fourth-order valence-electron chi connectivity index (χ4n) is 4.23. The van der Waals surface area contributed by atoms with Gasteiger partial charge in [0.1, 0.15) is 11.2 Å². The number of amides is 3. The van der Waals surface area contributed by atoms with E-state index in [1.165, 1.54) is 37.6 Å². The molecular weight excluding hydrogens is 609 g/mol. The van der Waals surface area contributed by atoms with E-state index >= 15 is 0 Å². The summed E-state index contributed by atoms with van der Waals surface area (Å²) in [5, 5.41) is 9.42. The van der Waals surface area contributed by atoms with Crippen molar-refractivity contribution in [2.45, 2.75) is 38.8 Å². The van der Waals surface area contributed by atoms with Crippen molar-refractivity contribution in [3.8, 4) is 5.88 Å². The Hall–Kier alpha value is -4.61. The number of anilines is 1. The van der Waals surface area contributed by atoms with Gasteiger partial charge in [0.05, 0.1) is 29.4 Å². The van der Waals surface area contributed by atoms with Crippen LogP contribution in [0.2, 0.25) is 10.0 Å². The number of pyridine rings is 2. The number of fused-ring (bicyclic) bond motifs is 1. The highest BCUT2D eigenvalue weighted by Gasteiger charge is 2.21. The van der Waals surface area contributed by atoms with Gasteiger partial charge in [-0.3, -0.25) is 14.4 Å². The van der Waals surface area contributed by atoms with Gasteiger partial charge in [-0.15, -0.1) is 0 Å². The predicted molar refractivity (Wildman–Crippen MR) is 169 cm³/mol. The average Bonchev–Trinajstić information content (AvgIpc) is 2.96. The Morgan fingerprint density at radius 2 is 1.80 bits per heavy atom. The number of alkyl carbamates (subject to hydrolysis) is 1. The highest BCUT2D eigenvalue weighted by atomic mass is 35.5. The molecule has 0 fully saturated rings. The lowest BCUT2D eigenvalue weighted by Gasteiger charge is -2.22. The third-order valence-electron chi connectivity index (χ3n) is 6.29. The summed E-state index contributed by atoms with van der Waals surface area (Å²) >= 11 is 12.5. The van der Waals surface area contributed by atoms with Crippen LogP contribution in [0.1, 0.15) is 59.5 Å². The van der Waals surface area contributed by atoms with E-state index in [1.807, 2.05) is 6.07 Å². The number of methoxy groups -OCH3 is 1. The molecule has 3 amide bonds. The number of nitrogens with zero attached hydrogens (tertiary/aromatic N) is 1. The standard InChI is InChI=1S/C31H31Cl2N5O6/c1-31(2,3)44-30(42)34-11-10-23(17-6-5-7-20(32)12-17)36-27(39)18-8-9-22(33)25(14-18)38-29(41)21-13-19-16-35-26(43-4)15-24(19)37-28(21)40/h5-9,12-16,23H,10-11H2,1-4H3,(H,34,42)(H,36,39)(H,37,40)(H,38,41). The Morgan fingerprint density at radius 3 is 2.50 bits per heavy atom. The summed E-state index contributed by atoms with van der Waals surface area (Å²) in [7, 11) is 1.45. The summed E-state index contributed by atoms with van der Waals surface area (Å²) in [6, 6.07) is 13.8. The van der Waals surface area contributed by atoms with Gasteiger partial charge < -0.3 is 30.4 Å². The first kappa shape index (κ1) is 32.3. The van der Waals surface area contributed by atoms with Crippen LogP contribution in [-0.2, 0) is 4.74 Å². The quantitative estimate of drug-likeness (QED) is 0.178. The van der Waals surface area contributed by atoms with Crippen LogP contribution in [0, 0.1) is 0 Å². The van der Waals surface area contributed by atoms with E-state index in [0.29, 0.717) is 28.2 Å². The molecule has 2 heterocycles. The fraction of sp³-hybridized carbons (Fsp3) is 0.258. The molecule has 4 rings (SSSR count). The number of benzene rings is 2. The zero-order chi connectivity index (χ0) is 32.0. The molecule has 4 N–H and O–H groups in total. The number of H-pyrrole nitrogens is 1. The molecule has 4 aromatic rings. The van der Waals surface area contributed by atoms with E-state index in [4.69, 9.17) is 32.7 Å². The topological polar surface area (TPSA) is 152 Å². The number of aromatic nitrogens is 2. The van der Waals surface area contributed by atoms with Gasteiger partial charge in [0, 0.05) is 34.8 Å². The summed E-state index contributed by atoms with van der Waals surface area (Å²) in [6.45, 7) is 5.50. The number of carbonyl (C=O) groups is 3. The van der Waals surface area contributed by atoms with Crippen molar-refractivity contribution in [3.63, 3.8) is 0 Å². The number of nitrogens with one attached hydrogen (secondary N) is 4. The van der Waals surface area contributed by atoms with E-state index in [1.54, 1.807) is 45.0 Å². The minimum absolute atomic E-state index is 0.127. The molecule has 0 aliphatic rings. The van der Waals surface area contributed by atoms with Gasteiger partial charge in [0.25, 0.3) is 17.4 Å². The molecule has 0 saturated carbocycles. The second-order valence-corrected chi connectivity index (χ2v) is 11.6. The number of aromatic amines is 1. The van der Waals surface area contributed by atoms with Crippen molar-refractivity contribution >= 4 is 57.7 Å². The van der Waals surface area contributed by atoms with E-state index < -0.39 is 35.1 Å². The van der Waals surface area contributed by atoms with E-state index in [-0.39, 0.29) is 28.4 Å². The van der Waals surface area contributed by atoms with Gasteiger partial charge in [-0.1, -0.05) is 35.3 Å². The molecule has 44 heavy (non-hydrogen) atoms. The molecule has 11 nitrogen and oxygen atoms in total. The monoisotopic (exact) mass is 639 g/mol. The van der Waals surface area contributed by atoms with Crippen molar-refractivity contribution in [1.82, 2.24) is 20.6 Å². The molecule has 0 radical (unpaired) electrons. The van der Waals surface area contributed by atoms with Crippen LogP contribution in [-0.4, -0.2) is 47.1 Å². The summed E-state index contributed by atoms with van der Waals surface area (Å²) in [5.74, 6) is -0.888. The Morgan fingerprint density at radius 1 is 1.02 bits per heavy atom. The zero-order valence-electron chi connectivity index (χ0n) is 24.4. The normalized spacial score (nSPS) is 11.9. The molecule has 0 aliphatic heterocycles. The maximum absolute atomic E-state index is 13.4. The fourth-order valence-corrected chi connectivity index (χ4v) is 4.60. The highest BCUT2D eigenvalue weighted by molar-refractivity contribution is 6.34. The Kier molecular flexibility index (Phi) is 10.1. The molecular formula is C31H31Cl2N5O6. The maximum Gasteiger partial charge on any atom is 0.407 e. The molecule has 0 bridgehead atoms. The Balaban J connectivity index is 1.51. The predicted octanol–water partition coefficient (Wildman–Crippen LogP) is 5.88. The van der Waals surface area contributed by atoms with E-state index in [2.05, 4.69) is 25.9 Å². The molecule has 2 aromatic heterocycles. The number of halogens is 2. The maximum atomic E-state index is 13.4. The summed E-state index contributed by atoms with van der Waals surface area (Å²) in [6.07, 6.45) is 1.22. The van der Waals surface area contributed by atoms with Gasteiger partial charge in [0.2, 0.25) is 5.88 Å². The zero-order valence-corrected chi connectivity index (χ0v) is 25.9. The van der Waals surface area contributed by atoms with Crippen LogP contribution >= 0.6 is 23.2 Å². The molecule has 2 aromatic carbocycles. The lowest BCUT2D eigenvalue weighted by molar-refractivity contribution is 0.0526. The van der Waals surface area contributed by atoms with Crippen molar-refractivity contribution < 1.29 is 23.9 Å². The van der Waals surface area contributed by atoms with Crippen molar-refractivity contribution in [2.75, 3.05) is 19.0 Å². The van der Waals surface area contributed by atoms with Crippen LogP contribution in [0.25, 0.3) is 10.9 Å². The van der Waals surface area contributed by atoms with Crippen molar-refractivity contribution in [3.05, 3.63) is 97.9 Å². The lowest BCUT2D eigenvalue weighted by Crippen LogP contribution is -2.35. The molecule has 1 atom stereocenters. The third kappa shape index (κ3) is 8.48. The third-order valence-corrected chi connectivity index (χ3v) is 6.86. The lowest BCUT2D eigenvalue weighted by atomic mass is 10.0. The van der Waals surface area contributed by atoms with Crippen LogP contribution in [0.15, 0.2) is 65.6 Å². The molecule has 230 valence electrons. The first-order valence-electron chi connectivity index (χ1n) is 13.5. The molecule has 0 saturated heterocycles. The second-order valence-electron chi connectivity index (χ2n) is 10.8. The molecule has 1 unspecified atom stereocenters. The number of ether oxygens (including phenoxy) is 2. The van der Waals surface area contributed by atoms with Gasteiger partial charge in [0.15, 0.2) is 0 Å². The van der Waals surface area contributed by atoms with Gasteiger partial charge in [-0.05, 0) is 69.2 Å². The smallest absolute Gasteiger partial charge is 0.407 e. The molecule has 0 aliphatic carbocycles. The SMILES string of the molecule is COc1cc2[nH]c(=O)c(C(=O)Nc3cc(C(=O)NC(CCNC(=O)OC(C)(C)C)c4cccc(Cl)c4)ccc3Cl)cc2cn1. The number of carbonyl (C=O) groups excluding carboxylic acids is 3. The number of hydrogen-bond acceptors (Lipinski definition) is 7. The van der Waals surface area contributed by atoms with Crippen LogP contribution in [0.3, 0.4) is 0 Å². The van der Waals surface area contributed by atoms with E-state index in [9.17, 15) is 19.2 Å². The highest BCUT2D eigenvalue weighted by Crippen LogP contribution is 2.26. The number of rotatable bonds is 9. The first-order valence-corrected chi connectivity index (χ1v) is 14.3. The van der Waals surface area contributed by atoms with Crippen LogP contribution in [0.5, 0.6) is 5.88 Å². The van der Waals surface area contributed by atoms with Gasteiger partial charge in [-0.2, -0.15) is 0 Å². The number of hydrogen-bond donors (Lipinski definition) is 4.